The highest BCUT2D eigenvalue weighted by molar-refractivity contribution is 5.34. The number of hydrogen-bond acceptors (Lipinski definition) is 5. The molecule has 3 rings (SSSR count). The van der Waals surface area contributed by atoms with Gasteiger partial charge in [-0.15, -0.1) is 0 Å². The van der Waals surface area contributed by atoms with Gasteiger partial charge in [0.1, 0.15) is 5.76 Å². The summed E-state index contributed by atoms with van der Waals surface area (Å²) in [5, 5.41) is 0. The fourth-order valence-electron chi connectivity index (χ4n) is 2.11. The molecule has 2 N–H and O–H groups in total. The van der Waals surface area contributed by atoms with Gasteiger partial charge in [-0.2, -0.15) is 0 Å². The molecule has 0 spiro atoms. The van der Waals surface area contributed by atoms with Crippen LogP contribution in [0.4, 0.5) is 5.95 Å². The molecule has 0 radical (unpaired) electrons. The van der Waals surface area contributed by atoms with E-state index in [2.05, 4.69) is 14.9 Å². The molecule has 1 saturated carbocycles. The van der Waals surface area contributed by atoms with Gasteiger partial charge >= 0.3 is 0 Å². The minimum atomic E-state index is 0.547. The van der Waals surface area contributed by atoms with Crippen molar-refractivity contribution in [3.8, 4) is 0 Å². The van der Waals surface area contributed by atoms with Crippen molar-refractivity contribution in [3.63, 3.8) is 0 Å². The van der Waals surface area contributed by atoms with Gasteiger partial charge in [0.2, 0.25) is 5.95 Å². The summed E-state index contributed by atoms with van der Waals surface area (Å²) in [5.41, 5.74) is 6.61. The second kappa shape index (κ2) is 5.40. The predicted molar refractivity (Wildman–Crippen MR) is 72.7 cm³/mol. The second-order valence-corrected chi connectivity index (χ2v) is 4.87. The Kier molecular flexibility index (Phi) is 3.46. The van der Waals surface area contributed by atoms with E-state index in [0.29, 0.717) is 12.6 Å². The Morgan fingerprint density at radius 1 is 1.32 bits per heavy atom. The van der Waals surface area contributed by atoms with E-state index in [9.17, 15) is 0 Å². The summed E-state index contributed by atoms with van der Waals surface area (Å²) >= 11 is 0. The van der Waals surface area contributed by atoms with Gasteiger partial charge < -0.3 is 15.1 Å². The fraction of sp³-hybridized carbons (Fsp3) is 0.429. The molecular weight excluding hydrogens is 240 g/mol. The van der Waals surface area contributed by atoms with E-state index in [4.69, 9.17) is 10.2 Å². The molecule has 2 aromatic heterocycles. The lowest BCUT2D eigenvalue weighted by Gasteiger charge is -2.21. The lowest BCUT2D eigenvalue weighted by molar-refractivity contribution is 0.499. The van der Waals surface area contributed by atoms with Crippen molar-refractivity contribution >= 4 is 5.95 Å². The quantitative estimate of drug-likeness (QED) is 0.854. The number of hydrogen-bond donors (Lipinski definition) is 1. The molecular formula is C14H18N4O. The average Bonchev–Trinajstić information content (AvgIpc) is 3.15. The largest absolute Gasteiger partial charge is 0.467 e. The van der Waals surface area contributed by atoms with Crippen molar-refractivity contribution in [2.24, 2.45) is 5.73 Å². The number of furan rings is 1. The van der Waals surface area contributed by atoms with Crippen molar-refractivity contribution in [2.75, 3.05) is 11.4 Å². The number of aromatic nitrogens is 2. The minimum Gasteiger partial charge on any atom is -0.467 e. The van der Waals surface area contributed by atoms with E-state index in [1.807, 2.05) is 24.5 Å². The Morgan fingerprint density at radius 2 is 2.11 bits per heavy atom. The first kappa shape index (κ1) is 12.2. The summed E-state index contributed by atoms with van der Waals surface area (Å²) in [7, 11) is 0. The average molecular weight is 258 g/mol. The zero-order valence-corrected chi connectivity index (χ0v) is 10.8. The highest BCUT2D eigenvalue weighted by Gasteiger charge is 2.31. The Balaban J connectivity index is 1.76. The molecule has 0 atom stereocenters. The van der Waals surface area contributed by atoms with Crippen LogP contribution < -0.4 is 10.6 Å². The van der Waals surface area contributed by atoms with Crippen LogP contribution in [0, 0.1) is 0 Å². The third-order valence-corrected chi connectivity index (χ3v) is 3.28. The van der Waals surface area contributed by atoms with E-state index in [1.54, 1.807) is 6.26 Å². The minimum absolute atomic E-state index is 0.547. The highest BCUT2D eigenvalue weighted by atomic mass is 16.3. The molecule has 0 amide bonds. The van der Waals surface area contributed by atoms with E-state index in [0.717, 1.165) is 30.2 Å². The number of nitrogens with two attached hydrogens (primary N) is 1. The van der Waals surface area contributed by atoms with Crippen molar-refractivity contribution in [1.29, 1.82) is 0 Å². The summed E-state index contributed by atoms with van der Waals surface area (Å²) in [5.74, 6) is 1.72. The Labute approximate surface area is 112 Å². The van der Waals surface area contributed by atoms with Gasteiger partial charge in [-0.1, -0.05) is 0 Å². The molecule has 19 heavy (non-hydrogen) atoms. The van der Waals surface area contributed by atoms with Crippen LogP contribution in [0.3, 0.4) is 0 Å². The predicted octanol–water partition coefficient (Wildman–Crippen LogP) is 1.74. The van der Waals surface area contributed by atoms with Crippen molar-refractivity contribution in [1.82, 2.24) is 9.97 Å². The maximum atomic E-state index is 5.53. The van der Waals surface area contributed by atoms with Crippen LogP contribution in [-0.4, -0.2) is 22.6 Å². The standard InChI is InChI=1S/C14H18N4O/c15-6-5-11-8-16-14(17-9-11)18(12-3-4-12)10-13-2-1-7-19-13/h1-2,7-9,12H,3-6,10,15H2. The van der Waals surface area contributed by atoms with Crippen LogP contribution in [0.15, 0.2) is 35.2 Å². The zero-order valence-electron chi connectivity index (χ0n) is 10.8. The van der Waals surface area contributed by atoms with E-state index in [-0.39, 0.29) is 0 Å². The van der Waals surface area contributed by atoms with E-state index < -0.39 is 0 Å². The molecule has 0 unspecified atom stereocenters. The number of nitrogens with zero attached hydrogens (tertiary/aromatic N) is 3. The first-order valence-corrected chi connectivity index (χ1v) is 6.67. The Bertz CT molecular complexity index is 505. The summed E-state index contributed by atoms with van der Waals surface area (Å²) in [6.07, 6.45) is 8.66. The third-order valence-electron chi connectivity index (χ3n) is 3.28. The topological polar surface area (TPSA) is 68.2 Å². The summed E-state index contributed by atoms with van der Waals surface area (Å²) in [4.78, 5) is 11.1. The van der Waals surface area contributed by atoms with Crippen LogP contribution in [0.2, 0.25) is 0 Å². The van der Waals surface area contributed by atoms with Crippen LogP contribution >= 0.6 is 0 Å². The molecule has 2 heterocycles. The highest BCUT2D eigenvalue weighted by Crippen LogP contribution is 2.31. The first-order chi connectivity index (χ1) is 9.36. The lowest BCUT2D eigenvalue weighted by atomic mass is 10.2. The van der Waals surface area contributed by atoms with Gasteiger partial charge in [-0.3, -0.25) is 0 Å². The lowest BCUT2D eigenvalue weighted by Crippen LogP contribution is -2.26. The van der Waals surface area contributed by atoms with E-state index in [1.165, 1.54) is 12.8 Å². The van der Waals surface area contributed by atoms with Crippen molar-refractivity contribution in [3.05, 3.63) is 42.1 Å². The molecule has 1 aliphatic rings. The second-order valence-electron chi connectivity index (χ2n) is 4.87. The summed E-state index contributed by atoms with van der Waals surface area (Å²) < 4.78 is 5.41. The Morgan fingerprint density at radius 3 is 2.68 bits per heavy atom. The van der Waals surface area contributed by atoms with Crippen LogP contribution in [0.25, 0.3) is 0 Å². The molecule has 0 aliphatic heterocycles. The van der Waals surface area contributed by atoms with Gasteiger partial charge in [0, 0.05) is 18.4 Å². The third kappa shape index (κ3) is 2.93. The van der Waals surface area contributed by atoms with Gasteiger partial charge in [0.05, 0.1) is 12.8 Å². The summed E-state index contributed by atoms with van der Waals surface area (Å²) in [6.45, 7) is 1.36. The van der Waals surface area contributed by atoms with Gasteiger partial charge in [-0.05, 0) is 43.5 Å². The molecule has 5 heteroatoms. The molecule has 0 saturated heterocycles. The van der Waals surface area contributed by atoms with Gasteiger partial charge in [-0.25, -0.2) is 9.97 Å². The molecule has 0 bridgehead atoms. The zero-order chi connectivity index (χ0) is 13.1. The Hall–Kier alpha value is -1.88. The number of anilines is 1. The maximum Gasteiger partial charge on any atom is 0.225 e. The van der Waals surface area contributed by atoms with Crippen molar-refractivity contribution in [2.45, 2.75) is 31.8 Å². The van der Waals surface area contributed by atoms with Gasteiger partial charge in [0.15, 0.2) is 0 Å². The molecule has 1 aliphatic carbocycles. The summed E-state index contributed by atoms with van der Waals surface area (Å²) in [6, 6.07) is 4.44. The molecule has 100 valence electrons. The van der Waals surface area contributed by atoms with Gasteiger partial charge in [0.25, 0.3) is 0 Å². The monoisotopic (exact) mass is 258 g/mol. The molecule has 1 fully saturated rings. The van der Waals surface area contributed by atoms with Crippen molar-refractivity contribution < 1.29 is 4.42 Å². The molecule has 2 aromatic rings. The maximum absolute atomic E-state index is 5.53. The van der Waals surface area contributed by atoms with Crippen LogP contribution in [-0.2, 0) is 13.0 Å². The smallest absolute Gasteiger partial charge is 0.225 e. The SMILES string of the molecule is NCCc1cnc(N(Cc2ccco2)C2CC2)nc1. The normalized spacial score (nSPS) is 14.6. The molecule has 0 aromatic carbocycles. The fourth-order valence-corrected chi connectivity index (χ4v) is 2.11. The van der Waals surface area contributed by atoms with Crippen LogP contribution in [0.1, 0.15) is 24.2 Å². The first-order valence-electron chi connectivity index (χ1n) is 6.67. The van der Waals surface area contributed by atoms with E-state index >= 15 is 0 Å². The van der Waals surface area contributed by atoms with Crippen LogP contribution in [0.5, 0.6) is 0 Å². The number of rotatable bonds is 6. The molecule has 5 nitrogen and oxygen atoms in total.